The van der Waals surface area contributed by atoms with Crippen LogP contribution in [0.25, 0.3) is 10.8 Å². The number of fused-ring (bicyclic) bond motifs is 1. The highest BCUT2D eigenvalue weighted by molar-refractivity contribution is 5.94. The second-order valence-corrected chi connectivity index (χ2v) is 5.52. The van der Waals surface area contributed by atoms with Crippen molar-refractivity contribution in [2.45, 2.75) is 32.6 Å². The molecule has 2 N–H and O–H groups in total. The predicted octanol–water partition coefficient (Wildman–Crippen LogP) is 2.31. The first kappa shape index (κ1) is 13.3. The average molecular weight is 271 g/mol. The van der Waals surface area contributed by atoms with Gasteiger partial charge in [0.05, 0.1) is 12.2 Å². The van der Waals surface area contributed by atoms with Crippen LogP contribution in [0.15, 0.2) is 30.5 Å². The van der Waals surface area contributed by atoms with E-state index in [-0.39, 0.29) is 12.2 Å². The molecule has 1 aromatic heterocycles. The van der Waals surface area contributed by atoms with Gasteiger partial charge >= 0.3 is 0 Å². The molecule has 1 aliphatic heterocycles. The van der Waals surface area contributed by atoms with Gasteiger partial charge in [-0.25, -0.2) is 4.98 Å². The summed E-state index contributed by atoms with van der Waals surface area (Å²) in [5.41, 5.74) is 6.91. The van der Waals surface area contributed by atoms with Crippen molar-refractivity contribution in [1.29, 1.82) is 0 Å². The fourth-order valence-electron chi connectivity index (χ4n) is 3.00. The Bertz CT molecular complexity index is 604. The molecule has 1 fully saturated rings. The minimum absolute atomic E-state index is 0.230. The first-order valence-electron chi connectivity index (χ1n) is 7.16. The number of hydrogen-bond donors (Lipinski definition) is 1. The van der Waals surface area contributed by atoms with Crippen molar-refractivity contribution in [3.8, 4) is 0 Å². The van der Waals surface area contributed by atoms with Crippen molar-refractivity contribution < 1.29 is 4.74 Å². The lowest BCUT2D eigenvalue weighted by Crippen LogP contribution is -2.45. The van der Waals surface area contributed by atoms with E-state index in [4.69, 9.17) is 10.5 Å². The van der Waals surface area contributed by atoms with Crippen LogP contribution in [0.1, 0.15) is 19.4 Å². The normalized spacial score (nSPS) is 23.2. The van der Waals surface area contributed by atoms with E-state index in [1.54, 1.807) is 0 Å². The number of pyridine rings is 1. The molecule has 2 unspecified atom stereocenters. The Balaban J connectivity index is 2.08. The van der Waals surface area contributed by atoms with E-state index in [1.807, 2.05) is 6.20 Å². The van der Waals surface area contributed by atoms with Gasteiger partial charge < -0.3 is 15.4 Å². The second-order valence-electron chi connectivity index (χ2n) is 5.52. The summed E-state index contributed by atoms with van der Waals surface area (Å²) in [7, 11) is 0. The van der Waals surface area contributed by atoms with Gasteiger partial charge in [-0.15, -0.1) is 0 Å². The van der Waals surface area contributed by atoms with Gasteiger partial charge in [0.15, 0.2) is 0 Å². The molecule has 0 aliphatic carbocycles. The monoisotopic (exact) mass is 271 g/mol. The lowest BCUT2D eigenvalue weighted by atomic mass is 10.1. The SMILES string of the molecule is CC1CN(c2ncc(CN)c3ccccc23)CC(C)O1. The number of morpholine rings is 1. The smallest absolute Gasteiger partial charge is 0.136 e. The van der Waals surface area contributed by atoms with Crippen molar-refractivity contribution in [3.63, 3.8) is 0 Å². The summed E-state index contributed by atoms with van der Waals surface area (Å²) in [5.74, 6) is 1.04. The minimum atomic E-state index is 0.230. The minimum Gasteiger partial charge on any atom is -0.372 e. The number of rotatable bonds is 2. The van der Waals surface area contributed by atoms with Crippen LogP contribution in [0.4, 0.5) is 5.82 Å². The number of aromatic nitrogens is 1. The Kier molecular flexibility index (Phi) is 3.59. The van der Waals surface area contributed by atoms with Gasteiger partial charge in [-0.3, -0.25) is 0 Å². The standard InChI is InChI=1S/C16H21N3O/c1-11-9-19(10-12(2)20-11)16-15-6-4-3-5-14(15)13(7-17)8-18-16/h3-6,8,11-12H,7,9-10,17H2,1-2H3. The van der Waals surface area contributed by atoms with Gasteiger partial charge in [0.1, 0.15) is 5.82 Å². The maximum absolute atomic E-state index is 5.81. The molecule has 0 amide bonds. The molecule has 2 heterocycles. The van der Waals surface area contributed by atoms with Crippen molar-refractivity contribution in [2.75, 3.05) is 18.0 Å². The van der Waals surface area contributed by atoms with E-state index >= 15 is 0 Å². The van der Waals surface area contributed by atoms with E-state index in [2.05, 4.69) is 48.0 Å². The molecule has 2 aromatic rings. The number of anilines is 1. The van der Waals surface area contributed by atoms with Gasteiger partial charge in [0, 0.05) is 31.2 Å². The molecule has 0 bridgehead atoms. The fourth-order valence-corrected chi connectivity index (χ4v) is 3.00. The molecule has 1 aromatic carbocycles. The maximum Gasteiger partial charge on any atom is 0.136 e. The number of benzene rings is 1. The van der Waals surface area contributed by atoms with Gasteiger partial charge in [-0.05, 0) is 24.8 Å². The first-order chi connectivity index (χ1) is 9.69. The van der Waals surface area contributed by atoms with Gasteiger partial charge in [-0.2, -0.15) is 0 Å². The van der Waals surface area contributed by atoms with Crippen LogP contribution < -0.4 is 10.6 Å². The van der Waals surface area contributed by atoms with Crippen LogP contribution in [-0.4, -0.2) is 30.3 Å². The summed E-state index contributed by atoms with van der Waals surface area (Å²) < 4.78 is 5.81. The molecule has 20 heavy (non-hydrogen) atoms. The molecule has 4 nitrogen and oxygen atoms in total. The quantitative estimate of drug-likeness (QED) is 0.910. The Morgan fingerprint density at radius 1 is 1.20 bits per heavy atom. The third kappa shape index (κ3) is 2.37. The van der Waals surface area contributed by atoms with Crippen LogP contribution >= 0.6 is 0 Å². The molecule has 106 valence electrons. The van der Waals surface area contributed by atoms with Crippen molar-refractivity contribution in [3.05, 3.63) is 36.0 Å². The van der Waals surface area contributed by atoms with E-state index in [0.29, 0.717) is 6.54 Å². The summed E-state index contributed by atoms with van der Waals surface area (Å²) in [4.78, 5) is 6.98. The molecule has 0 spiro atoms. The summed E-state index contributed by atoms with van der Waals surface area (Å²) in [6, 6.07) is 8.36. The number of ether oxygens (including phenoxy) is 1. The topological polar surface area (TPSA) is 51.4 Å². The van der Waals surface area contributed by atoms with Crippen LogP contribution in [0.2, 0.25) is 0 Å². The van der Waals surface area contributed by atoms with Crippen LogP contribution in [0.3, 0.4) is 0 Å². The molecular formula is C16H21N3O. The summed E-state index contributed by atoms with van der Waals surface area (Å²) in [5, 5.41) is 2.38. The van der Waals surface area contributed by atoms with Crippen LogP contribution in [0, 0.1) is 0 Å². The van der Waals surface area contributed by atoms with Crippen LogP contribution in [-0.2, 0) is 11.3 Å². The Morgan fingerprint density at radius 3 is 2.50 bits per heavy atom. The summed E-state index contributed by atoms with van der Waals surface area (Å²) in [6.45, 7) is 6.49. The molecule has 4 heteroatoms. The molecule has 1 saturated heterocycles. The molecule has 3 rings (SSSR count). The van der Waals surface area contributed by atoms with E-state index in [0.717, 1.165) is 24.5 Å². The highest BCUT2D eigenvalue weighted by Gasteiger charge is 2.24. The van der Waals surface area contributed by atoms with Gasteiger partial charge in [0.2, 0.25) is 0 Å². The average Bonchev–Trinajstić information content (AvgIpc) is 2.45. The Hall–Kier alpha value is -1.65. The predicted molar refractivity (Wildman–Crippen MR) is 81.9 cm³/mol. The van der Waals surface area contributed by atoms with Crippen molar-refractivity contribution >= 4 is 16.6 Å². The molecule has 0 radical (unpaired) electrons. The zero-order valence-electron chi connectivity index (χ0n) is 12.0. The maximum atomic E-state index is 5.81. The third-order valence-electron chi connectivity index (χ3n) is 3.80. The van der Waals surface area contributed by atoms with E-state index in [9.17, 15) is 0 Å². The van der Waals surface area contributed by atoms with Gasteiger partial charge in [-0.1, -0.05) is 24.3 Å². The Morgan fingerprint density at radius 2 is 1.85 bits per heavy atom. The molecule has 1 aliphatic rings. The first-order valence-corrected chi connectivity index (χ1v) is 7.16. The van der Waals surface area contributed by atoms with Gasteiger partial charge in [0.25, 0.3) is 0 Å². The zero-order chi connectivity index (χ0) is 14.1. The highest BCUT2D eigenvalue weighted by atomic mass is 16.5. The lowest BCUT2D eigenvalue weighted by molar-refractivity contribution is -0.00536. The summed E-state index contributed by atoms with van der Waals surface area (Å²) in [6.07, 6.45) is 2.37. The fraction of sp³-hybridized carbons (Fsp3) is 0.438. The largest absolute Gasteiger partial charge is 0.372 e. The van der Waals surface area contributed by atoms with Crippen molar-refractivity contribution in [1.82, 2.24) is 4.98 Å². The third-order valence-corrected chi connectivity index (χ3v) is 3.80. The highest BCUT2D eigenvalue weighted by Crippen LogP contribution is 2.29. The number of hydrogen-bond acceptors (Lipinski definition) is 4. The zero-order valence-corrected chi connectivity index (χ0v) is 12.0. The number of nitrogens with two attached hydrogens (primary N) is 1. The number of nitrogens with zero attached hydrogens (tertiary/aromatic N) is 2. The van der Waals surface area contributed by atoms with Crippen molar-refractivity contribution in [2.24, 2.45) is 5.73 Å². The molecular weight excluding hydrogens is 250 g/mol. The molecule has 0 saturated carbocycles. The second kappa shape index (κ2) is 5.38. The van der Waals surface area contributed by atoms with Crippen LogP contribution in [0.5, 0.6) is 0 Å². The summed E-state index contributed by atoms with van der Waals surface area (Å²) >= 11 is 0. The molecule has 2 atom stereocenters. The van der Waals surface area contributed by atoms with E-state index < -0.39 is 0 Å². The Labute approximate surface area is 119 Å². The van der Waals surface area contributed by atoms with E-state index in [1.165, 1.54) is 10.8 Å². The lowest BCUT2D eigenvalue weighted by Gasteiger charge is -2.36.